The van der Waals surface area contributed by atoms with Gasteiger partial charge >= 0.3 is 0 Å². The fourth-order valence-corrected chi connectivity index (χ4v) is 5.32. The van der Waals surface area contributed by atoms with E-state index in [1.165, 1.54) is 4.70 Å². The van der Waals surface area contributed by atoms with Crippen LogP contribution in [0.4, 0.5) is 5.82 Å². The van der Waals surface area contributed by atoms with Crippen molar-refractivity contribution in [3.63, 3.8) is 0 Å². The summed E-state index contributed by atoms with van der Waals surface area (Å²) in [5.41, 5.74) is 3.16. The second kappa shape index (κ2) is 8.15. The lowest BCUT2D eigenvalue weighted by molar-refractivity contribution is -0.122. The average Bonchev–Trinajstić information content (AvgIpc) is 3.52. The molecule has 1 saturated heterocycles. The molecule has 4 aromatic rings. The Kier molecular flexibility index (Phi) is 5.00. The zero-order valence-corrected chi connectivity index (χ0v) is 18.6. The molecule has 32 heavy (non-hydrogen) atoms. The minimum Gasteiger partial charge on any atom is -0.354 e. The fraction of sp³-hybridized carbons (Fsp3) is 0.320. The van der Waals surface area contributed by atoms with Crippen LogP contribution in [0.15, 0.2) is 54.6 Å². The van der Waals surface area contributed by atoms with Crippen LogP contribution in [0.1, 0.15) is 12.8 Å². The molecule has 162 valence electrons. The molecular formula is C25H25N5OS. The topological polar surface area (TPSA) is 61.4 Å². The van der Waals surface area contributed by atoms with Crippen molar-refractivity contribution in [1.82, 2.24) is 20.2 Å². The van der Waals surface area contributed by atoms with Crippen LogP contribution < -0.4 is 10.2 Å². The standard InChI is InChI=1S/C25H25N5OS/c31-24(26-17-9-10-17)16-29-11-13-30(14-12-29)23-15-19(18-5-1-2-6-20(18)27-23)25-28-21-7-3-4-8-22(21)32-25/h1-8,15,17H,9-14,16H2,(H,26,31). The molecule has 0 unspecified atom stereocenters. The van der Waals surface area contributed by atoms with Crippen molar-refractivity contribution in [3.05, 3.63) is 54.6 Å². The van der Waals surface area contributed by atoms with Gasteiger partial charge in [-0.2, -0.15) is 0 Å². The fourth-order valence-electron chi connectivity index (χ4n) is 4.33. The van der Waals surface area contributed by atoms with E-state index in [4.69, 9.17) is 9.97 Å². The monoisotopic (exact) mass is 443 g/mol. The Labute approximate surface area is 190 Å². The molecule has 2 aliphatic rings. The Bertz CT molecular complexity index is 1260. The summed E-state index contributed by atoms with van der Waals surface area (Å²) in [5, 5.41) is 5.25. The highest BCUT2D eigenvalue weighted by Crippen LogP contribution is 2.36. The molecule has 1 amide bonds. The summed E-state index contributed by atoms with van der Waals surface area (Å²) in [6.45, 7) is 3.95. The minimum absolute atomic E-state index is 0.155. The van der Waals surface area contributed by atoms with E-state index in [1.54, 1.807) is 11.3 Å². The number of carbonyl (C=O) groups is 1. The number of hydrogen-bond acceptors (Lipinski definition) is 6. The second-order valence-corrected chi connectivity index (χ2v) is 9.67. The van der Waals surface area contributed by atoms with Crippen molar-refractivity contribution < 1.29 is 4.79 Å². The van der Waals surface area contributed by atoms with Crippen LogP contribution in [-0.2, 0) is 4.79 Å². The first-order valence-corrected chi connectivity index (χ1v) is 12.1. The van der Waals surface area contributed by atoms with Gasteiger partial charge in [0.25, 0.3) is 0 Å². The SMILES string of the molecule is O=C(CN1CCN(c2cc(-c3nc4ccccc4s3)c3ccccc3n2)CC1)NC1CC1. The highest BCUT2D eigenvalue weighted by Gasteiger charge is 2.26. The van der Waals surface area contributed by atoms with E-state index in [2.05, 4.69) is 57.6 Å². The maximum absolute atomic E-state index is 12.2. The Morgan fingerprint density at radius 3 is 2.50 bits per heavy atom. The molecule has 2 aromatic heterocycles. The zero-order valence-electron chi connectivity index (χ0n) is 17.8. The lowest BCUT2D eigenvalue weighted by Crippen LogP contribution is -2.50. The first kappa shape index (κ1) is 19.6. The van der Waals surface area contributed by atoms with Crippen LogP contribution in [0.25, 0.3) is 31.7 Å². The van der Waals surface area contributed by atoms with E-state index in [-0.39, 0.29) is 5.91 Å². The van der Waals surface area contributed by atoms with E-state index in [1.807, 2.05) is 12.1 Å². The lowest BCUT2D eigenvalue weighted by Gasteiger charge is -2.35. The second-order valence-electron chi connectivity index (χ2n) is 8.64. The number of benzene rings is 2. The van der Waals surface area contributed by atoms with Crippen LogP contribution in [-0.4, -0.2) is 59.5 Å². The normalized spacial score (nSPS) is 17.2. The summed E-state index contributed by atoms with van der Waals surface area (Å²) < 4.78 is 1.20. The first-order chi connectivity index (χ1) is 15.7. The molecule has 3 heterocycles. The number of rotatable bonds is 5. The van der Waals surface area contributed by atoms with Gasteiger partial charge in [0.05, 0.1) is 22.3 Å². The van der Waals surface area contributed by atoms with Crippen molar-refractivity contribution in [2.45, 2.75) is 18.9 Å². The van der Waals surface area contributed by atoms with Gasteiger partial charge in [0, 0.05) is 43.2 Å². The first-order valence-electron chi connectivity index (χ1n) is 11.3. The van der Waals surface area contributed by atoms with Crippen LogP contribution in [0.3, 0.4) is 0 Å². The van der Waals surface area contributed by atoms with E-state index in [9.17, 15) is 4.79 Å². The van der Waals surface area contributed by atoms with E-state index in [0.717, 1.165) is 71.8 Å². The van der Waals surface area contributed by atoms with Crippen molar-refractivity contribution in [2.24, 2.45) is 0 Å². The number of pyridine rings is 1. The number of anilines is 1. The molecule has 0 bridgehead atoms. The molecule has 1 saturated carbocycles. The summed E-state index contributed by atoms with van der Waals surface area (Å²) in [5.74, 6) is 1.14. The van der Waals surface area contributed by atoms with E-state index >= 15 is 0 Å². The number of fused-ring (bicyclic) bond motifs is 2. The highest BCUT2D eigenvalue weighted by molar-refractivity contribution is 7.21. The number of carbonyl (C=O) groups excluding carboxylic acids is 1. The van der Waals surface area contributed by atoms with Crippen LogP contribution in [0.5, 0.6) is 0 Å². The van der Waals surface area contributed by atoms with Crippen LogP contribution in [0, 0.1) is 0 Å². The van der Waals surface area contributed by atoms with Gasteiger partial charge in [-0.1, -0.05) is 30.3 Å². The molecule has 0 radical (unpaired) electrons. The Morgan fingerprint density at radius 1 is 0.969 bits per heavy atom. The molecule has 6 nitrogen and oxygen atoms in total. The van der Waals surface area contributed by atoms with Crippen molar-refractivity contribution >= 4 is 44.2 Å². The van der Waals surface area contributed by atoms with Crippen molar-refractivity contribution in [2.75, 3.05) is 37.6 Å². The number of amides is 1. The molecule has 0 atom stereocenters. The highest BCUT2D eigenvalue weighted by atomic mass is 32.1. The number of thiazole rings is 1. The Morgan fingerprint density at radius 2 is 1.72 bits per heavy atom. The van der Waals surface area contributed by atoms with Gasteiger partial charge in [-0.15, -0.1) is 11.3 Å². The molecule has 6 rings (SSSR count). The average molecular weight is 444 g/mol. The van der Waals surface area contributed by atoms with Crippen LogP contribution >= 0.6 is 11.3 Å². The van der Waals surface area contributed by atoms with Gasteiger partial charge < -0.3 is 10.2 Å². The largest absolute Gasteiger partial charge is 0.354 e. The zero-order chi connectivity index (χ0) is 21.5. The third-order valence-electron chi connectivity index (χ3n) is 6.23. The molecular weight excluding hydrogens is 418 g/mol. The maximum Gasteiger partial charge on any atom is 0.234 e. The van der Waals surface area contributed by atoms with E-state index in [0.29, 0.717) is 12.6 Å². The van der Waals surface area contributed by atoms with Gasteiger partial charge in [-0.25, -0.2) is 9.97 Å². The summed E-state index contributed by atoms with van der Waals surface area (Å²) in [7, 11) is 0. The van der Waals surface area contributed by atoms with Gasteiger partial charge in [0.1, 0.15) is 10.8 Å². The lowest BCUT2D eigenvalue weighted by atomic mass is 10.1. The van der Waals surface area contributed by atoms with Crippen molar-refractivity contribution in [1.29, 1.82) is 0 Å². The number of piperazine rings is 1. The summed E-state index contributed by atoms with van der Waals surface area (Å²) in [6, 6.07) is 19.2. The van der Waals surface area contributed by atoms with Gasteiger partial charge in [0.15, 0.2) is 0 Å². The molecule has 0 spiro atoms. The predicted octanol–water partition coefficient (Wildman–Crippen LogP) is 3.91. The minimum atomic E-state index is 0.155. The molecule has 1 aliphatic heterocycles. The Hall–Kier alpha value is -3.03. The van der Waals surface area contributed by atoms with Gasteiger partial charge in [-0.05, 0) is 37.1 Å². The number of nitrogens with zero attached hydrogens (tertiary/aromatic N) is 4. The maximum atomic E-state index is 12.2. The third-order valence-corrected chi connectivity index (χ3v) is 7.30. The smallest absolute Gasteiger partial charge is 0.234 e. The van der Waals surface area contributed by atoms with Gasteiger partial charge in [0.2, 0.25) is 5.91 Å². The summed E-state index contributed by atoms with van der Waals surface area (Å²) >= 11 is 1.73. The summed E-state index contributed by atoms with van der Waals surface area (Å²) in [4.78, 5) is 26.6. The number of aromatic nitrogens is 2. The summed E-state index contributed by atoms with van der Waals surface area (Å²) in [6.07, 6.45) is 2.26. The predicted molar refractivity (Wildman–Crippen MR) is 130 cm³/mol. The van der Waals surface area contributed by atoms with Crippen LogP contribution in [0.2, 0.25) is 0 Å². The molecule has 2 fully saturated rings. The number of para-hydroxylation sites is 2. The number of hydrogen-bond donors (Lipinski definition) is 1. The quantitative estimate of drug-likeness (QED) is 0.507. The van der Waals surface area contributed by atoms with Gasteiger partial charge in [-0.3, -0.25) is 9.69 Å². The Balaban J connectivity index is 1.26. The molecule has 2 aromatic carbocycles. The van der Waals surface area contributed by atoms with Crippen molar-refractivity contribution in [3.8, 4) is 10.6 Å². The molecule has 1 aliphatic carbocycles. The number of nitrogens with one attached hydrogen (secondary N) is 1. The van der Waals surface area contributed by atoms with E-state index < -0.39 is 0 Å². The molecule has 7 heteroatoms. The molecule has 1 N–H and O–H groups in total. The third kappa shape index (κ3) is 3.94.